The summed E-state index contributed by atoms with van der Waals surface area (Å²) >= 11 is 6.88. The maximum atomic E-state index is 5.77. The topological polar surface area (TPSA) is 30.5 Å². The predicted octanol–water partition coefficient (Wildman–Crippen LogP) is 3.21. The number of methoxy groups -OCH3 is 1. The molecule has 5 heteroatoms. The van der Waals surface area contributed by atoms with Crippen LogP contribution in [0.5, 0.6) is 11.5 Å². The minimum Gasteiger partial charge on any atom is -0.496 e. The molecular formula is C11H15Br2NO2. The molecule has 0 amide bonds. The number of likely N-dealkylation sites (N-methyl/N-ethyl adjacent to an activating group) is 1. The van der Waals surface area contributed by atoms with Crippen LogP contribution in [0.3, 0.4) is 0 Å². The number of ether oxygens (including phenoxy) is 2. The van der Waals surface area contributed by atoms with E-state index >= 15 is 0 Å². The monoisotopic (exact) mass is 351 g/mol. The van der Waals surface area contributed by atoms with Crippen molar-refractivity contribution in [1.82, 2.24) is 5.32 Å². The lowest BCUT2D eigenvalue weighted by Crippen LogP contribution is -2.26. The first-order valence-electron chi connectivity index (χ1n) is 4.92. The first-order valence-corrected chi connectivity index (χ1v) is 6.51. The summed E-state index contributed by atoms with van der Waals surface area (Å²) in [6.07, 6.45) is 0.113. The molecule has 16 heavy (non-hydrogen) atoms. The number of halogens is 2. The van der Waals surface area contributed by atoms with Crippen LogP contribution in [-0.2, 0) is 0 Å². The molecule has 1 aromatic carbocycles. The highest BCUT2D eigenvalue weighted by atomic mass is 79.9. The summed E-state index contributed by atoms with van der Waals surface area (Å²) in [6, 6.07) is 3.78. The molecule has 90 valence electrons. The number of benzene rings is 1. The molecular weight excluding hydrogens is 338 g/mol. The molecule has 0 aromatic heterocycles. The summed E-state index contributed by atoms with van der Waals surface area (Å²) in [4.78, 5) is 0. The van der Waals surface area contributed by atoms with Crippen molar-refractivity contribution in [2.24, 2.45) is 0 Å². The number of hydrogen-bond acceptors (Lipinski definition) is 3. The van der Waals surface area contributed by atoms with Gasteiger partial charge in [-0.25, -0.2) is 0 Å². The lowest BCUT2D eigenvalue weighted by atomic mass is 10.3. The molecule has 0 saturated carbocycles. The summed E-state index contributed by atoms with van der Waals surface area (Å²) in [7, 11) is 3.54. The van der Waals surface area contributed by atoms with Crippen molar-refractivity contribution >= 4 is 31.9 Å². The average Bonchev–Trinajstić information content (AvgIpc) is 2.23. The third-order valence-corrected chi connectivity index (χ3v) is 3.27. The summed E-state index contributed by atoms with van der Waals surface area (Å²) in [5.74, 6) is 1.58. The van der Waals surface area contributed by atoms with E-state index in [1.54, 1.807) is 7.11 Å². The van der Waals surface area contributed by atoms with Crippen LogP contribution in [0.1, 0.15) is 6.92 Å². The maximum Gasteiger partial charge on any atom is 0.135 e. The molecule has 0 aliphatic heterocycles. The Labute approximate surface area is 113 Å². The Morgan fingerprint density at radius 1 is 1.25 bits per heavy atom. The van der Waals surface area contributed by atoms with Gasteiger partial charge in [0, 0.05) is 6.54 Å². The molecule has 0 aliphatic rings. The molecule has 0 heterocycles. The van der Waals surface area contributed by atoms with Gasteiger partial charge in [-0.05, 0) is 58.0 Å². The van der Waals surface area contributed by atoms with Crippen molar-refractivity contribution in [3.63, 3.8) is 0 Å². The summed E-state index contributed by atoms with van der Waals surface area (Å²) in [5, 5.41) is 3.07. The number of hydrogen-bond donors (Lipinski definition) is 1. The molecule has 1 unspecified atom stereocenters. The van der Waals surface area contributed by atoms with Gasteiger partial charge in [-0.3, -0.25) is 0 Å². The van der Waals surface area contributed by atoms with Gasteiger partial charge >= 0.3 is 0 Å². The van der Waals surface area contributed by atoms with Gasteiger partial charge in [0.1, 0.15) is 17.6 Å². The highest BCUT2D eigenvalue weighted by molar-refractivity contribution is 9.11. The van der Waals surface area contributed by atoms with E-state index in [1.165, 1.54) is 0 Å². The zero-order valence-corrected chi connectivity index (χ0v) is 12.7. The predicted molar refractivity (Wildman–Crippen MR) is 72.4 cm³/mol. The first kappa shape index (κ1) is 13.8. The minimum atomic E-state index is 0.113. The SMILES string of the molecule is CNCC(C)Oc1cc(Br)c(OC)cc1Br. The van der Waals surface area contributed by atoms with Gasteiger partial charge in [-0.1, -0.05) is 0 Å². The summed E-state index contributed by atoms with van der Waals surface area (Å²) in [5.41, 5.74) is 0. The molecule has 0 bridgehead atoms. The normalized spacial score (nSPS) is 12.3. The molecule has 0 aliphatic carbocycles. The maximum absolute atomic E-state index is 5.77. The van der Waals surface area contributed by atoms with Gasteiger partial charge in [-0.2, -0.15) is 0 Å². The Hall–Kier alpha value is -0.260. The standard InChI is InChI=1S/C11H15Br2NO2/c1-7(6-14-2)16-11-5-8(12)10(15-3)4-9(11)13/h4-5,7,14H,6H2,1-3H3. The van der Waals surface area contributed by atoms with Crippen LogP contribution in [0, 0.1) is 0 Å². The quantitative estimate of drug-likeness (QED) is 0.882. The number of nitrogens with one attached hydrogen (secondary N) is 1. The molecule has 1 rings (SSSR count). The summed E-state index contributed by atoms with van der Waals surface area (Å²) in [6.45, 7) is 2.82. The summed E-state index contributed by atoms with van der Waals surface area (Å²) < 4.78 is 12.7. The second-order valence-electron chi connectivity index (χ2n) is 3.40. The van der Waals surface area contributed by atoms with Crippen molar-refractivity contribution in [1.29, 1.82) is 0 Å². The lowest BCUT2D eigenvalue weighted by molar-refractivity contribution is 0.219. The van der Waals surface area contributed by atoms with E-state index in [0.717, 1.165) is 27.0 Å². The second kappa shape index (κ2) is 6.47. The smallest absolute Gasteiger partial charge is 0.135 e. The Balaban J connectivity index is 2.85. The van der Waals surface area contributed by atoms with Crippen LogP contribution in [0.15, 0.2) is 21.1 Å². The van der Waals surface area contributed by atoms with Crippen LogP contribution in [-0.4, -0.2) is 26.8 Å². The third kappa shape index (κ3) is 3.64. The fourth-order valence-corrected chi connectivity index (χ4v) is 2.20. The second-order valence-corrected chi connectivity index (χ2v) is 5.11. The van der Waals surface area contributed by atoms with E-state index in [0.29, 0.717) is 0 Å². The van der Waals surface area contributed by atoms with Gasteiger partial charge < -0.3 is 14.8 Å². The average molecular weight is 353 g/mol. The van der Waals surface area contributed by atoms with Crippen molar-refractivity contribution < 1.29 is 9.47 Å². The van der Waals surface area contributed by atoms with Gasteiger partial charge in [-0.15, -0.1) is 0 Å². The van der Waals surface area contributed by atoms with E-state index in [4.69, 9.17) is 9.47 Å². The van der Waals surface area contributed by atoms with E-state index in [2.05, 4.69) is 37.2 Å². The van der Waals surface area contributed by atoms with Gasteiger partial charge in [0.15, 0.2) is 0 Å². The van der Waals surface area contributed by atoms with Crippen LogP contribution >= 0.6 is 31.9 Å². The Kier molecular flexibility index (Phi) is 5.58. The van der Waals surface area contributed by atoms with E-state index in [1.807, 2.05) is 26.1 Å². The van der Waals surface area contributed by atoms with Crippen molar-refractivity contribution in [3.05, 3.63) is 21.1 Å². The highest BCUT2D eigenvalue weighted by Gasteiger charge is 2.10. The molecule has 3 nitrogen and oxygen atoms in total. The van der Waals surface area contributed by atoms with E-state index < -0.39 is 0 Å². The van der Waals surface area contributed by atoms with Crippen LogP contribution in [0.4, 0.5) is 0 Å². The van der Waals surface area contributed by atoms with Crippen LogP contribution in [0.2, 0.25) is 0 Å². The number of rotatable bonds is 5. The van der Waals surface area contributed by atoms with Gasteiger partial charge in [0.2, 0.25) is 0 Å². The molecule has 0 saturated heterocycles. The van der Waals surface area contributed by atoms with Gasteiger partial charge in [0.25, 0.3) is 0 Å². The zero-order chi connectivity index (χ0) is 12.1. The van der Waals surface area contributed by atoms with Gasteiger partial charge in [0.05, 0.1) is 16.1 Å². The largest absolute Gasteiger partial charge is 0.496 e. The van der Waals surface area contributed by atoms with E-state index in [-0.39, 0.29) is 6.10 Å². The fourth-order valence-electron chi connectivity index (χ4n) is 1.30. The Morgan fingerprint density at radius 3 is 2.38 bits per heavy atom. The molecule has 0 spiro atoms. The minimum absolute atomic E-state index is 0.113. The first-order chi connectivity index (χ1) is 7.58. The molecule has 0 fully saturated rings. The highest BCUT2D eigenvalue weighted by Crippen LogP contribution is 2.36. The molecule has 1 atom stereocenters. The molecule has 1 aromatic rings. The van der Waals surface area contributed by atoms with Crippen molar-refractivity contribution in [3.8, 4) is 11.5 Å². The zero-order valence-electron chi connectivity index (χ0n) is 9.51. The third-order valence-electron chi connectivity index (χ3n) is 2.03. The Bertz CT molecular complexity index is 358. The van der Waals surface area contributed by atoms with Crippen molar-refractivity contribution in [2.45, 2.75) is 13.0 Å². The molecule has 0 radical (unpaired) electrons. The van der Waals surface area contributed by atoms with Crippen molar-refractivity contribution in [2.75, 3.05) is 20.7 Å². The Morgan fingerprint density at radius 2 is 1.81 bits per heavy atom. The lowest BCUT2D eigenvalue weighted by Gasteiger charge is -2.16. The molecule has 1 N–H and O–H groups in total. The van der Waals surface area contributed by atoms with Crippen LogP contribution in [0.25, 0.3) is 0 Å². The van der Waals surface area contributed by atoms with E-state index in [9.17, 15) is 0 Å². The fraction of sp³-hybridized carbons (Fsp3) is 0.455. The van der Waals surface area contributed by atoms with Crippen LogP contribution < -0.4 is 14.8 Å².